The molecule has 0 saturated carbocycles. The van der Waals surface area contributed by atoms with Gasteiger partial charge in [-0.1, -0.05) is 44.5 Å². The molecule has 2 amide bonds. The minimum atomic E-state index is -0.623. The van der Waals surface area contributed by atoms with Crippen LogP contribution in [0.5, 0.6) is 11.5 Å². The summed E-state index contributed by atoms with van der Waals surface area (Å²) in [5.41, 5.74) is 2.09. The van der Waals surface area contributed by atoms with Crippen molar-refractivity contribution in [3.05, 3.63) is 59.7 Å². The second-order valence-corrected chi connectivity index (χ2v) is 7.48. The summed E-state index contributed by atoms with van der Waals surface area (Å²) in [6, 6.07) is 14.6. The van der Waals surface area contributed by atoms with E-state index in [-0.39, 0.29) is 25.0 Å². The van der Waals surface area contributed by atoms with E-state index >= 15 is 0 Å². The molecule has 1 N–H and O–H groups in total. The highest BCUT2D eigenvalue weighted by molar-refractivity contribution is 5.87. The van der Waals surface area contributed by atoms with Crippen LogP contribution in [0, 0.1) is 0 Å². The molecular weight excluding hydrogens is 392 g/mol. The lowest BCUT2D eigenvalue weighted by Crippen LogP contribution is -2.49. The Hall–Kier alpha value is -3.02. The van der Waals surface area contributed by atoms with Crippen molar-refractivity contribution < 1.29 is 19.1 Å². The van der Waals surface area contributed by atoms with Crippen LogP contribution in [-0.2, 0) is 22.6 Å². The molecule has 168 valence electrons. The van der Waals surface area contributed by atoms with E-state index in [1.165, 1.54) is 5.56 Å². The van der Waals surface area contributed by atoms with Gasteiger partial charge < -0.3 is 19.7 Å². The molecule has 0 aliphatic heterocycles. The summed E-state index contributed by atoms with van der Waals surface area (Å²) >= 11 is 0. The molecule has 2 aromatic carbocycles. The number of benzene rings is 2. The fourth-order valence-electron chi connectivity index (χ4n) is 3.14. The van der Waals surface area contributed by atoms with Crippen LogP contribution in [0.4, 0.5) is 0 Å². The lowest BCUT2D eigenvalue weighted by molar-refractivity contribution is -0.142. The summed E-state index contributed by atoms with van der Waals surface area (Å²) in [6.07, 6.45) is 2.84. The molecule has 0 spiro atoms. The molecule has 0 aromatic heterocycles. The van der Waals surface area contributed by atoms with Crippen molar-refractivity contribution in [3.63, 3.8) is 0 Å². The lowest BCUT2D eigenvalue weighted by atomic mass is 10.1. The van der Waals surface area contributed by atoms with Crippen molar-refractivity contribution in [3.8, 4) is 11.5 Å². The van der Waals surface area contributed by atoms with Gasteiger partial charge in [-0.25, -0.2) is 0 Å². The van der Waals surface area contributed by atoms with Gasteiger partial charge in [0.15, 0.2) is 6.61 Å². The Kier molecular flexibility index (Phi) is 9.88. The standard InChI is InChI=1S/C25H34N2O4/c1-5-7-15-26-25(29)19(3)27(17-21-9-8-10-23(16-21)30-4)24(28)18-31-22-13-11-20(6-2)12-14-22/h8-14,16,19H,5-7,15,17-18H2,1-4H3,(H,26,29). The van der Waals surface area contributed by atoms with E-state index in [1.54, 1.807) is 18.9 Å². The van der Waals surface area contributed by atoms with E-state index in [4.69, 9.17) is 9.47 Å². The van der Waals surface area contributed by atoms with Crippen LogP contribution in [0.3, 0.4) is 0 Å². The minimum absolute atomic E-state index is 0.137. The molecule has 0 aliphatic rings. The van der Waals surface area contributed by atoms with Gasteiger partial charge in [0.1, 0.15) is 17.5 Å². The van der Waals surface area contributed by atoms with Crippen molar-refractivity contribution >= 4 is 11.8 Å². The first kappa shape index (κ1) is 24.3. The molecule has 1 atom stereocenters. The quantitative estimate of drug-likeness (QED) is 0.522. The number of ether oxygens (including phenoxy) is 2. The van der Waals surface area contributed by atoms with Crippen LogP contribution in [-0.4, -0.2) is 43.0 Å². The Morgan fingerprint density at radius 3 is 2.42 bits per heavy atom. The number of aryl methyl sites for hydroxylation is 1. The third-order valence-electron chi connectivity index (χ3n) is 5.18. The van der Waals surface area contributed by atoms with E-state index in [2.05, 4.69) is 19.2 Å². The largest absolute Gasteiger partial charge is 0.497 e. The zero-order valence-electron chi connectivity index (χ0n) is 19.0. The highest BCUT2D eigenvalue weighted by atomic mass is 16.5. The summed E-state index contributed by atoms with van der Waals surface area (Å²) in [5, 5.41) is 2.92. The Morgan fingerprint density at radius 2 is 1.77 bits per heavy atom. The number of carbonyl (C=O) groups excluding carboxylic acids is 2. The molecule has 1 unspecified atom stereocenters. The van der Waals surface area contributed by atoms with Gasteiger partial charge >= 0.3 is 0 Å². The average molecular weight is 427 g/mol. The van der Waals surface area contributed by atoms with E-state index in [1.807, 2.05) is 48.5 Å². The van der Waals surface area contributed by atoms with E-state index < -0.39 is 6.04 Å². The Balaban J connectivity index is 2.11. The molecule has 6 nitrogen and oxygen atoms in total. The molecular formula is C25H34N2O4. The summed E-state index contributed by atoms with van der Waals surface area (Å²) in [7, 11) is 1.60. The van der Waals surface area contributed by atoms with Gasteiger partial charge in [-0.3, -0.25) is 9.59 Å². The van der Waals surface area contributed by atoms with E-state index in [9.17, 15) is 9.59 Å². The van der Waals surface area contributed by atoms with Crippen LogP contribution >= 0.6 is 0 Å². The Bertz CT molecular complexity index is 836. The molecule has 0 fully saturated rings. The third kappa shape index (κ3) is 7.63. The Labute approximate surface area is 185 Å². The van der Waals surface area contributed by atoms with Crippen LogP contribution in [0.1, 0.15) is 44.7 Å². The van der Waals surface area contributed by atoms with Crippen molar-refractivity contribution in [2.45, 2.75) is 52.6 Å². The maximum atomic E-state index is 13.1. The number of unbranched alkanes of at least 4 members (excludes halogenated alkanes) is 1. The number of hydrogen-bond acceptors (Lipinski definition) is 4. The van der Waals surface area contributed by atoms with Crippen molar-refractivity contribution in [2.75, 3.05) is 20.3 Å². The van der Waals surface area contributed by atoms with Gasteiger partial charge in [-0.2, -0.15) is 0 Å². The lowest BCUT2D eigenvalue weighted by Gasteiger charge is -2.29. The average Bonchev–Trinajstić information content (AvgIpc) is 2.81. The molecule has 0 radical (unpaired) electrons. The third-order valence-corrected chi connectivity index (χ3v) is 5.18. The predicted octanol–water partition coefficient (Wildman–Crippen LogP) is 3.97. The van der Waals surface area contributed by atoms with Gasteiger partial charge in [0.25, 0.3) is 5.91 Å². The maximum Gasteiger partial charge on any atom is 0.261 e. The number of carbonyl (C=O) groups is 2. The van der Waals surface area contributed by atoms with Gasteiger partial charge in [0.05, 0.1) is 7.11 Å². The zero-order valence-corrected chi connectivity index (χ0v) is 19.0. The maximum absolute atomic E-state index is 13.1. The molecule has 0 saturated heterocycles. The number of rotatable bonds is 12. The van der Waals surface area contributed by atoms with Crippen LogP contribution in [0.2, 0.25) is 0 Å². The van der Waals surface area contributed by atoms with Gasteiger partial charge in [-0.15, -0.1) is 0 Å². The summed E-state index contributed by atoms with van der Waals surface area (Å²) in [4.78, 5) is 27.3. The second-order valence-electron chi connectivity index (χ2n) is 7.48. The van der Waals surface area contributed by atoms with Gasteiger partial charge in [-0.05, 0) is 55.2 Å². The molecule has 0 bridgehead atoms. The topological polar surface area (TPSA) is 67.9 Å². The highest BCUT2D eigenvalue weighted by Crippen LogP contribution is 2.17. The summed E-state index contributed by atoms with van der Waals surface area (Å²) in [5.74, 6) is 0.918. The van der Waals surface area contributed by atoms with Crippen molar-refractivity contribution in [2.24, 2.45) is 0 Å². The number of nitrogens with one attached hydrogen (secondary N) is 1. The molecule has 0 heterocycles. The summed E-state index contributed by atoms with van der Waals surface area (Å²) < 4.78 is 11.0. The van der Waals surface area contributed by atoms with Crippen LogP contribution in [0.25, 0.3) is 0 Å². The first-order valence-electron chi connectivity index (χ1n) is 10.9. The SMILES string of the molecule is CCCCNC(=O)C(C)N(Cc1cccc(OC)c1)C(=O)COc1ccc(CC)cc1. The van der Waals surface area contributed by atoms with Crippen LogP contribution in [0.15, 0.2) is 48.5 Å². The van der Waals surface area contributed by atoms with E-state index in [0.29, 0.717) is 18.0 Å². The van der Waals surface area contributed by atoms with Crippen molar-refractivity contribution in [1.29, 1.82) is 0 Å². The first-order valence-corrected chi connectivity index (χ1v) is 10.9. The smallest absolute Gasteiger partial charge is 0.261 e. The normalized spacial score (nSPS) is 11.5. The van der Waals surface area contributed by atoms with Crippen molar-refractivity contribution in [1.82, 2.24) is 10.2 Å². The van der Waals surface area contributed by atoms with E-state index in [0.717, 1.165) is 24.8 Å². The Morgan fingerprint density at radius 1 is 1.03 bits per heavy atom. The molecule has 0 aliphatic carbocycles. The number of methoxy groups -OCH3 is 1. The monoisotopic (exact) mass is 426 g/mol. The molecule has 2 aromatic rings. The minimum Gasteiger partial charge on any atom is -0.497 e. The van der Waals surface area contributed by atoms with Gasteiger partial charge in [0.2, 0.25) is 5.91 Å². The van der Waals surface area contributed by atoms with Gasteiger partial charge in [0, 0.05) is 13.1 Å². The highest BCUT2D eigenvalue weighted by Gasteiger charge is 2.26. The zero-order chi connectivity index (χ0) is 22.6. The number of amides is 2. The molecule has 31 heavy (non-hydrogen) atoms. The first-order chi connectivity index (χ1) is 15.0. The summed E-state index contributed by atoms with van der Waals surface area (Å²) in [6.45, 7) is 6.65. The number of nitrogens with zero attached hydrogens (tertiary/aromatic N) is 1. The fraction of sp³-hybridized carbons (Fsp3) is 0.440. The van der Waals surface area contributed by atoms with Crippen LogP contribution < -0.4 is 14.8 Å². The molecule has 6 heteroatoms. The predicted molar refractivity (Wildman–Crippen MR) is 122 cm³/mol. The second kappa shape index (κ2) is 12.6. The molecule has 2 rings (SSSR count). The number of hydrogen-bond donors (Lipinski definition) is 1. The fourth-order valence-corrected chi connectivity index (χ4v) is 3.14.